The van der Waals surface area contributed by atoms with Crippen molar-refractivity contribution in [3.05, 3.63) is 94.4 Å². The van der Waals surface area contributed by atoms with Crippen LogP contribution in [0.25, 0.3) is 6.08 Å². The molecule has 3 aliphatic rings. The van der Waals surface area contributed by atoms with Gasteiger partial charge in [0.25, 0.3) is 5.24 Å². The Bertz CT molecular complexity index is 1370. The lowest BCUT2D eigenvalue weighted by molar-refractivity contribution is -0.0949. The first-order chi connectivity index (χ1) is 17.1. The van der Waals surface area contributed by atoms with E-state index in [1.54, 1.807) is 18.2 Å². The topological polar surface area (TPSA) is 83.4 Å². The van der Waals surface area contributed by atoms with Gasteiger partial charge in [0.1, 0.15) is 5.75 Å². The summed E-state index contributed by atoms with van der Waals surface area (Å²) in [4.78, 5) is 13.4. The fraction of sp³-hybridized carbons (Fsp3) is 0.185. The standard InChI is InChI=1S/C27H23N3O4S/c1-2-33-24-14-17(12-13-22(24)31)15-25-27(28-26(32)35-25)30-21(19-10-6-7-11-23(19)34-27)16-20(29-30)18-8-4-3-5-9-18/h3-15,21,31H,2,16H2,1H3,(H,28,32)/b25-15-/t21-,27-/m1/s1. The molecule has 35 heavy (non-hydrogen) atoms. The van der Waals surface area contributed by atoms with Gasteiger partial charge in [0.05, 0.1) is 23.3 Å². The molecule has 1 fully saturated rings. The predicted octanol–water partition coefficient (Wildman–Crippen LogP) is 5.49. The highest BCUT2D eigenvalue weighted by molar-refractivity contribution is 8.17. The number of amides is 1. The average Bonchev–Trinajstić information content (AvgIpc) is 3.45. The van der Waals surface area contributed by atoms with E-state index in [0.29, 0.717) is 29.4 Å². The summed E-state index contributed by atoms with van der Waals surface area (Å²) in [5.41, 5.74) is 3.78. The summed E-state index contributed by atoms with van der Waals surface area (Å²) in [6.07, 6.45) is 2.57. The van der Waals surface area contributed by atoms with Crippen molar-refractivity contribution in [1.82, 2.24) is 10.3 Å². The molecule has 0 aromatic heterocycles. The summed E-state index contributed by atoms with van der Waals surface area (Å²) >= 11 is 1.08. The molecule has 0 bridgehead atoms. The van der Waals surface area contributed by atoms with Crippen LogP contribution in [0.2, 0.25) is 0 Å². The van der Waals surface area contributed by atoms with Crippen molar-refractivity contribution in [3.63, 3.8) is 0 Å². The second-order valence-electron chi connectivity index (χ2n) is 8.44. The highest BCUT2D eigenvalue weighted by Crippen LogP contribution is 2.52. The zero-order valence-electron chi connectivity index (χ0n) is 19.0. The van der Waals surface area contributed by atoms with Crippen molar-refractivity contribution in [3.8, 4) is 17.2 Å². The molecule has 0 unspecified atom stereocenters. The van der Waals surface area contributed by atoms with E-state index in [-0.39, 0.29) is 17.0 Å². The Balaban J connectivity index is 1.49. The SMILES string of the molecule is CCOc1cc(/C=C2\SC(=O)N[C@]23Oc2ccccc2[C@H]2CC(c4ccccc4)=NN23)ccc1O. The van der Waals surface area contributed by atoms with Gasteiger partial charge in [-0.1, -0.05) is 54.6 Å². The van der Waals surface area contributed by atoms with Crippen LogP contribution in [-0.2, 0) is 0 Å². The van der Waals surface area contributed by atoms with Crippen LogP contribution >= 0.6 is 11.8 Å². The molecule has 3 aliphatic heterocycles. The number of rotatable bonds is 4. The molecular weight excluding hydrogens is 462 g/mol. The molecule has 0 saturated carbocycles. The van der Waals surface area contributed by atoms with Gasteiger partial charge in [0, 0.05) is 12.0 Å². The molecule has 1 spiro atoms. The van der Waals surface area contributed by atoms with Gasteiger partial charge in [-0.15, -0.1) is 0 Å². The quantitative estimate of drug-likeness (QED) is 0.509. The highest BCUT2D eigenvalue weighted by atomic mass is 32.2. The van der Waals surface area contributed by atoms with Crippen molar-refractivity contribution >= 4 is 28.8 Å². The van der Waals surface area contributed by atoms with Crippen LogP contribution in [0.4, 0.5) is 4.79 Å². The molecule has 1 amide bonds. The Labute approximate surface area is 207 Å². The number of phenols is 1. The normalized spacial score (nSPS) is 23.5. The summed E-state index contributed by atoms with van der Waals surface area (Å²) in [5.74, 6) is -0.109. The first kappa shape index (κ1) is 21.6. The van der Waals surface area contributed by atoms with Gasteiger partial charge in [0.2, 0.25) is 0 Å². The van der Waals surface area contributed by atoms with Crippen LogP contribution in [0, 0.1) is 0 Å². The summed E-state index contributed by atoms with van der Waals surface area (Å²) in [7, 11) is 0. The summed E-state index contributed by atoms with van der Waals surface area (Å²) in [5, 5.41) is 19.8. The second-order valence-corrected chi connectivity index (χ2v) is 9.46. The largest absolute Gasteiger partial charge is 0.504 e. The maximum absolute atomic E-state index is 12.8. The number of hydrogen-bond donors (Lipinski definition) is 2. The maximum atomic E-state index is 12.8. The van der Waals surface area contributed by atoms with E-state index < -0.39 is 5.85 Å². The van der Waals surface area contributed by atoms with Crippen LogP contribution < -0.4 is 14.8 Å². The third-order valence-corrected chi connectivity index (χ3v) is 7.17. The fourth-order valence-electron chi connectivity index (χ4n) is 4.71. The Morgan fingerprint density at radius 1 is 1.20 bits per heavy atom. The molecule has 3 aromatic carbocycles. The molecule has 1 saturated heterocycles. The molecule has 2 N–H and O–H groups in total. The minimum absolute atomic E-state index is 0.0662. The van der Waals surface area contributed by atoms with E-state index in [2.05, 4.69) is 5.32 Å². The number of nitrogens with one attached hydrogen (secondary N) is 1. The Morgan fingerprint density at radius 3 is 2.83 bits per heavy atom. The smallest absolute Gasteiger partial charge is 0.314 e. The van der Waals surface area contributed by atoms with Crippen molar-refractivity contribution < 1.29 is 19.4 Å². The number of hydrazone groups is 1. The van der Waals surface area contributed by atoms with Crippen LogP contribution in [0.1, 0.15) is 36.1 Å². The zero-order chi connectivity index (χ0) is 24.0. The lowest BCUT2D eigenvalue weighted by atomic mass is 9.95. The first-order valence-corrected chi connectivity index (χ1v) is 12.3. The minimum Gasteiger partial charge on any atom is -0.504 e. The molecule has 3 aromatic rings. The van der Waals surface area contributed by atoms with E-state index in [1.807, 2.05) is 72.6 Å². The molecule has 0 radical (unpaired) electrons. The van der Waals surface area contributed by atoms with Crippen molar-refractivity contribution in [2.24, 2.45) is 5.10 Å². The second kappa shape index (κ2) is 8.39. The fourth-order valence-corrected chi connectivity index (χ4v) is 5.62. The monoisotopic (exact) mass is 485 g/mol. The lowest BCUT2D eigenvalue weighted by Gasteiger charge is -2.45. The number of nitrogens with zero attached hydrogens (tertiary/aromatic N) is 2. The number of fused-ring (bicyclic) bond motifs is 4. The van der Waals surface area contributed by atoms with E-state index in [0.717, 1.165) is 34.2 Å². The van der Waals surface area contributed by atoms with Crippen LogP contribution in [0.15, 0.2) is 82.8 Å². The summed E-state index contributed by atoms with van der Waals surface area (Å²) < 4.78 is 12.1. The molecule has 8 heteroatoms. The maximum Gasteiger partial charge on any atom is 0.314 e. The van der Waals surface area contributed by atoms with E-state index in [9.17, 15) is 9.90 Å². The van der Waals surface area contributed by atoms with Gasteiger partial charge in [-0.3, -0.25) is 10.1 Å². The molecule has 2 atom stereocenters. The van der Waals surface area contributed by atoms with Crippen LogP contribution in [0.5, 0.6) is 17.2 Å². The predicted molar refractivity (Wildman–Crippen MR) is 135 cm³/mol. The summed E-state index contributed by atoms with van der Waals surface area (Å²) in [6.45, 7) is 2.29. The Kier molecular flexibility index (Phi) is 5.18. The number of carbonyl (C=O) groups excluding carboxylic acids is 1. The third kappa shape index (κ3) is 3.61. The van der Waals surface area contributed by atoms with Crippen molar-refractivity contribution in [2.45, 2.75) is 25.2 Å². The number of aromatic hydroxyl groups is 1. The molecule has 6 rings (SSSR count). The minimum atomic E-state index is -1.28. The van der Waals surface area contributed by atoms with Crippen molar-refractivity contribution in [2.75, 3.05) is 6.61 Å². The molecule has 3 heterocycles. The molecular formula is C27H23N3O4S. The lowest BCUT2D eigenvalue weighted by Crippen LogP contribution is -2.61. The zero-order valence-corrected chi connectivity index (χ0v) is 19.8. The van der Waals surface area contributed by atoms with E-state index >= 15 is 0 Å². The molecule has 7 nitrogen and oxygen atoms in total. The summed E-state index contributed by atoms with van der Waals surface area (Å²) in [6, 6.07) is 23.0. The number of benzene rings is 3. The van der Waals surface area contributed by atoms with Gasteiger partial charge in [-0.2, -0.15) is 5.10 Å². The number of phenolic OH excluding ortho intramolecular Hbond substituents is 1. The first-order valence-electron chi connectivity index (χ1n) is 11.5. The third-order valence-electron chi connectivity index (χ3n) is 6.27. The van der Waals surface area contributed by atoms with Gasteiger partial charge in [-0.05, 0) is 54.1 Å². The van der Waals surface area contributed by atoms with Crippen molar-refractivity contribution in [1.29, 1.82) is 0 Å². The molecule has 176 valence electrons. The Hall–Kier alpha value is -3.91. The van der Waals surface area contributed by atoms with E-state index in [1.165, 1.54) is 0 Å². The molecule has 0 aliphatic carbocycles. The number of carbonyl (C=O) groups is 1. The average molecular weight is 486 g/mol. The van der Waals surface area contributed by atoms with Gasteiger partial charge >= 0.3 is 5.85 Å². The number of thioether (sulfide) groups is 1. The number of hydrogen-bond acceptors (Lipinski definition) is 7. The highest BCUT2D eigenvalue weighted by Gasteiger charge is 2.58. The van der Waals surface area contributed by atoms with Crippen LogP contribution in [-0.4, -0.2) is 33.5 Å². The Morgan fingerprint density at radius 2 is 2.00 bits per heavy atom. The van der Waals surface area contributed by atoms with Gasteiger partial charge in [0.15, 0.2) is 11.5 Å². The van der Waals surface area contributed by atoms with E-state index in [4.69, 9.17) is 14.6 Å². The van der Waals surface area contributed by atoms with Gasteiger partial charge in [-0.25, -0.2) is 5.01 Å². The number of ether oxygens (including phenoxy) is 2. The van der Waals surface area contributed by atoms with Gasteiger partial charge < -0.3 is 14.6 Å². The van der Waals surface area contributed by atoms with Crippen LogP contribution in [0.3, 0.4) is 0 Å². The number of para-hydroxylation sites is 1.